The molecule has 1 N–H and O–H groups in total. The third kappa shape index (κ3) is 3.14. The minimum Gasteiger partial charge on any atom is -0.338 e. The van der Waals surface area contributed by atoms with Gasteiger partial charge in [0.2, 0.25) is 0 Å². The van der Waals surface area contributed by atoms with Crippen molar-refractivity contribution in [3.8, 4) is 0 Å². The second-order valence-corrected chi connectivity index (χ2v) is 8.09. The van der Waals surface area contributed by atoms with E-state index in [9.17, 15) is 13.2 Å². The molecule has 1 aromatic carbocycles. The lowest BCUT2D eigenvalue weighted by Crippen LogP contribution is -2.31. The van der Waals surface area contributed by atoms with Crippen molar-refractivity contribution in [2.45, 2.75) is 11.8 Å². The minimum absolute atomic E-state index is 0. The Morgan fingerprint density at radius 2 is 1.73 bits per heavy atom. The van der Waals surface area contributed by atoms with Gasteiger partial charge >= 0.3 is 0 Å². The first kappa shape index (κ1) is 17.2. The van der Waals surface area contributed by atoms with Crippen LogP contribution in [0.5, 0.6) is 0 Å². The maximum atomic E-state index is 12.5. The van der Waals surface area contributed by atoms with E-state index in [1.165, 1.54) is 12.1 Å². The zero-order valence-electron chi connectivity index (χ0n) is 12.5. The van der Waals surface area contributed by atoms with E-state index in [1.807, 2.05) is 4.90 Å². The molecule has 0 aromatic heterocycles. The first-order valence-electron chi connectivity index (χ1n) is 7.34. The standard InChI is InChI=1S/C15H20N2O3S.ClH/c1-2-21(19,20)14-5-3-11(4-6-14)15(18)17-9-12-7-16-8-13(12)10-17;/h3-6,12-13,16H,2,7-10H2,1H3;1H/t12-,13+;. The summed E-state index contributed by atoms with van der Waals surface area (Å²) in [5, 5.41) is 3.35. The molecule has 22 heavy (non-hydrogen) atoms. The van der Waals surface area contributed by atoms with Gasteiger partial charge in [-0.15, -0.1) is 12.4 Å². The van der Waals surface area contributed by atoms with E-state index in [2.05, 4.69) is 5.32 Å². The lowest BCUT2D eigenvalue weighted by molar-refractivity contribution is 0.0781. The molecule has 5 nitrogen and oxygen atoms in total. The maximum absolute atomic E-state index is 12.5. The molecule has 0 unspecified atom stereocenters. The number of nitrogens with zero attached hydrogens (tertiary/aromatic N) is 1. The van der Waals surface area contributed by atoms with Crippen LogP contribution in [0.1, 0.15) is 17.3 Å². The van der Waals surface area contributed by atoms with Crippen LogP contribution in [-0.2, 0) is 9.84 Å². The normalized spacial score (nSPS) is 24.0. The first-order chi connectivity index (χ1) is 10.0. The molecule has 7 heteroatoms. The van der Waals surface area contributed by atoms with Crippen LogP contribution in [0.2, 0.25) is 0 Å². The van der Waals surface area contributed by atoms with Gasteiger partial charge in [-0.05, 0) is 36.1 Å². The highest BCUT2D eigenvalue weighted by Gasteiger charge is 2.38. The number of hydrogen-bond donors (Lipinski definition) is 1. The number of fused-ring (bicyclic) bond motifs is 1. The SMILES string of the molecule is CCS(=O)(=O)c1ccc(C(=O)N2C[C@H]3CNC[C@H]3C2)cc1.Cl. The molecule has 2 atom stereocenters. The van der Waals surface area contributed by atoms with Gasteiger partial charge in [0.15, 0.2) is 9.84 Å². The molecule has 0 radical (unpaired) electrons. The van der Waals surface area contributed by atoms with Crippen LogP contribution in [0.4, 0.5) is 0 Å². The monoisotopic (exact) mass is 344 g/mol. The number of carbonyl (C=O) groups excluding carboxylic acids is 1. The second-order valence-electron chi connectivity index (χ2n) is 5.82. The number of rotatable bonds is 3. The van der Waals surface area contributed by atoms with Crippen molar-refractivity contribution < 1.29 is 13.2 Å². The van der Waals surface area contributed by atoms with Gasteiger partial charge in [0.05, 0.1) is 10.6 Å². The number of halogens is 1. The summed E-state index contributed by atoms with van der Waals surface area (Å²) in [5.41, 5.74) is 0.568. The Hall–Kier alpha value is -1.11. The van der Waals surface area contributed by atoms with Crippen LogP contribution in [0, 0.1) is 11.8 Å². The van der Waals surface area contributed by atoms with E-state index in [4.69, 9.17) is 0 Å². The van der Waals surface area contributed by atoms with Gasteiger partial charge in [-0.3, -0.25) is 4.79 Å². The fourth-order valence-electron chi connectivity index (χ4n) is 3.18. The van der Waals surface area contributed by atoms with Crippen molar-refractivity contribution in [1.82, 2.24) is 10.2 Å². The Morgan fingerprint density at radius 1 is 1.18 bits per heavy atom. The summed E-state index contributed by atoms with van der Waals surface area (Å²) in [5.74, 6) is 1.20. The van der Waals surface area contributed by atoms with Gasteiger partial charge in [-0.2, -0.15) is 0 Å². The second kappa shape index (κ2) is 6.56. The highest BCUT2D eigenvalue weighted by molar-refractivity contribution is 7.91. The summed E-state index contributed by atoms with van der Waals surface area (Å²) in [6.07, 6.45) is 0. The quantitative estimate of drug-likeness (QED) is 0.894. The predicted octanol–water partition coefficient (Wildman–Crippen LogP) is 1.19. The van der Waals surface area contributed by atoms with Gasteiger partial charge in [0, 0.05) is 31.7 Å². The van der Waals surface area contributed by atoms with E-state index in [0.29, 0.717) is 17.4 Å². The molecular weight excluding hydrogens is 324 g/mol. The molecule has 2 saturated heterocycles. The Balaban J connectivity index is 0.00000176. The third-order valence-corrected chi connectivity index (χ3v) is 6.27. The highest BCUT2D eigenvalue weighted by atomic mass is 35.5. The molecule has 2 aliphatic heterocycles. The van der Waals surface area contributed by atoms with Crippen molar-refractivity contribution >= 4 is 28.2 Å². The summed E-state index contributed by atoms with van der Waals surface area (Å²) >= 11 is 0. The van der Waals surface area contributed by atoms with E-state index in [1.54, 1.807) is 19.1 Å². The average molecular weight is 345 g/mol. The predicted molar refractivity (Wildman–Crippen MR) is 87.2 cm³/mol. The molecule has 0 spiro atoms. The van der Waals surface area contributed by atoms with Crippen LogP contribution in [0.15, 0.2) is 29.2 Å². The van der Waals surface area contributed by atoms with E-state index >= 15 is 0 Å². The molecular formula is C15H21ClN2O3S. The fraction of sp³-hybridized carbons (Fsp3) is 0.533. The van der Waals surface area contributed by atoms with Crippen molar-refractivity contribution in [2.24, 2.45) is 11.8 Å². The first-order valence-corrected chi connectivity index (χ1v) is 8.99. The lowest BCUT2D eigenvalue weighted by Gasteiger charge is -2.17. The van der Waals surface area contributed by atoms with E-state index in [0.717, 1.165) is 26.2 Å². The van der Waals surface area contributed by atoms with Gasteiger partial charge < -0.3 is 10.2 Å². The zero-order chi connectivity index (χ0) is 15.0. The van der Waals surface area contributed by atoms with Gasteiger partial charge in [0.25, 0.3) is 5.91 Å². The highest BCUT2D eigenvalue weighted by Crippen LogP contribution is 2.27. The Morgan fingerprint density at radius 3 is 2.23 bits per heavy atom. The Bertz CT molecular complexity index is 633. The smallest absolute Gasteiger partial charge is 0.253 e. The molecule has 1 aromatic rings. The van der Waals surface area contributed by atoms with Crippen LogP contribution < -0.4 is 5.32 Å². The number of benzene rings is 1. The van der Waals surface area contributed by atoms with Crippen LogP contribution in [0.3, 0.4) is 0 Å². The van der Waals surface area contributed by atoms with E-state index in [-0.39, 0.29) is 29.0 Å². The fourth-order valence-corrected chi connectivity index (χ4v) is 4.06. The van der Waals surface area contributed by atoms with Crippen molar-refractivity contribution in [3.05, 3.63) is 29.8 Å². The minimum atomic E-state index is -3.21. The van der Waals surface area contributed by atoms with Crippen molar-refractivity contribution in [3.63, 3.8) is 0 Å². The average Bonchev–Trinajstić information content (AvgIpc) is 3.08. The number of nitrogens with one attached hydrogen (secondary N) is 1. The molecule has 0 aliphatic carbocycles. The summed E-state index contributed by atoms with van der Waals surface area (Å²) in [6, 6.07) is 6.31. The largest absolute Gasteiger partial charge is 0.338 e. The van der Waals surface area contributed by atoms with E-state index < -0.39 is 9.84 Å². The Kier molecular flexibility index (Phi) is 5.14. The van der Waals surface area contributed by atoms with Crippen LogP contribution in [-0.4, -0.2) is 51.2 Å². The zero-order valence-corrected chi connectivity index (χ0v) is 14.1. The van der Waals surface area contributed by atoms with Crippen LogP contribution >= 0.6 is 12.4 Å². The van der Waals surface area contributed by atoms with Crippen molar-refractivity contribution in [2.75, 3.05) is 31.9 Å². The maximum Gasteiger partial charge on any atom is 0.253 e. The molecule has 2 fully saturated rings. The molecule has 0 saturated carbocycles. The third-order valence-electron chi connectivity index (χ3n) is 4.52. The molecule has 2 aliphatic rings. The number of hydrogen-bond acceptors (Lipinski definition) is 4. The van der Waals surface area contributed by atoms with Gasteiger partial charge in [-0.25, -0.2) is 8.42 Å². The summed E-state index contributed by atoms with van der Waals surface area (Å²) in [6.45, 7) is 5.19. The molecule has 0 bridgehead atoms. The summed E-state index contributed by atoms with van der Waals surface area (Å²) in [4.78, 5) is 14.6. The lowest BCUT2D eigenvalue weighted by atomic mass is 10.0. The molecule has 3 rings (SSSR count). The molecule has 2 heterocycles. The molecule has 122 valence electrons. The number of likely N-dealkylation sites (tertiary alicyclic amines) is 1. The Labute approximate surface area is 137 Å². The van der Waals surface area contributed by atoms with Gasteiger partial charge in [-0.1, -0.05) is 6.92 Å². The van der Waals surface area contributed by atoms with Gasteiger partial charge in [0.1, 0.15) is 0 Å². The number of carbonyl (C=O) groups is 1. The van der Waals surface area contributed by atoms with Crippen LogP contribution in [0.25, 0.3) is 0 Å². The summed E-state index contributed by atoms with van der Waals surface area (Å²) < 4.78 is 23.5. The topological polar surface area (TPSA) is 66.5 Å². The summed E-state index contributed by atoms with van der Waals surface area (Å²) in [7, 11) is -3.21. The van der Waals surface area contributed by atoms with Crippen molar-refractivity contribution in [1.29, 1.82) is 0 Å². The number of sulfone groups is 1. The number of amides is 1. The molecule has 1 amide bonds.